The highest BCUT2D eigenvalue weighted by Crippen LogP contribution is 2.22. The number of carbonyl (C=O) groups is 1. The molecule has 1 aliphatic rings. The van der Waals surface area contributed by atoms with Crippen molar-refractivity contribution in [1.29, 1.82) is 0 Å². The van der Waals surface area contributed by atoms with E-state index in [1.165, 1.54) is 0 Å². The van der Waals surface area contributed by atoms with Crippen molar-refractivity contribution in [3.63, 3.8) is 0 Å². The van der Waals surface area contributed by atoms with E-state index in [0.29, 0.717) is 32.8 Å². The molecule has 0 aliphatic carbocycles. The van der Waals surface area contributed by atoms with Crippen molar-refractivity contribution in [3.05, 3.63) is 29.9 Å². The molecule has 1 fully saturated rings. The van der Waals surface area contributed by atoms with Gasteiger partial charge in [0.2, 0.25) is 5.91 Å². The van der Waals surface area contributed by atoms with Crippen molar-refractivity contribution in [1.82, 2.24) is 14.5 Å². The van der Waals surface area contributed by atoms with Gasteiger partial charge in [0, 0.05) is 25.5 Å². The van der Waals surface area contributed by atoms with Gasteiger partial charge in [-0.25, -0.2) is 4.98 Å². The first-order valence-electron chi connectivity index (χ1n) is 6.25. The number of carbonyl (C=O) groups excluding carboxylic acids is 1. The van der Waals surface area contributed by atoms with Crippen molar-refractivity contribution < 1.29 is 9.53 Å². The van der Waals surface area contributed by atoms with E-state index < -0.39 is 0 Å². The van der Waals surface area contributed by atoms with Crippen molar-refractivity contribution >= 4 is 17.2 Å². The molecule has 2 aromatic heterocycles. The van der Waals surface area contributed by atoms with Gasteiger partial charge in [-0.2, -0.15) is 0 Å². The lowest BCUT2D eigenvalue weighted by Gasteiger charge is -2.27. The normalized spacial score (nSPS) is 15.7. The second-order valence-corrected chi connectivity index (χ2v) is 5.30. The Morgan fingerprint density at radius 1 is 1.42 bits per heavy atom. The van der Waals surface area contributed by atoms with Crippen LogP contribution in [0.15, 0.2) is 29.9 Å². The average molecular weight is 277 g/mol. The number of hydrogen-bond donors (Lipinski definition) is 0. The van der Waals surface area contributed by atoms with E-state index in [1.807, 2.05) is 33.2 Å². The van der Waals surface area contributed by atoms with Gasteiger partial charge in [0.15, 0.2) is 0 Å². The molecule has 3 heterocycles. The molecule has 5 nitrogen and oxygen atoms in total. The molecule has 19 heavy (non-hydrogen) atoms. The van der Waals surface area contributed by atoms with E-state index in [9.17, 15) is 4.79 Å². The number of hydrogen-bond acceptors (Lipinski definition) is 4. The van der Waals surface area contributed by atoms with Crippen LogP contribution in [0, 0.1) is 0 Å². The number of ether oxygens (including phenoxy) is 1. The van der Waals surface area contributed by atoms with Crippen LogP contribution in [0.4, 0.5) is 0 Å². The minimum Gasteiger partial charge on any atom is -0.378 e. The van der Waals surface area contributed by atoms with Gasteiger partial charge in [0.1, 0.15) is 12.4 Å². The number of nitrogens with zero attached hydrogens (tertiary/aromatic N) is 3. The fourth-order valence-electron chi connectivity index (χ4n) is 2.13. The molecule has 0 N–H and O–H groups in total. The second kappa shape index (κ2) is 5.54. The van der Waals surface area contributed by atoms with Crippen LogP contribution in [0.1, 0.15) is 0 Å². The molecule has 6 heteroatoms. The number of rotatable bonds is 3. The zero-order chi connectivity index (χ0) is 13.1. The van der Waals surface area contributed by atoms with Gasteiger partial charge in [-0.1, -0.05) is 6.07 Å². The largest absolute Gasteiger partial charge is 0.378 e. The monoisotopic (exact) mass is 277 g/mol. The molecule has 3 rings (SSSR count). The Balaban J connectivity index is 1.73. The SMILES string of the molecule is O=C(Cn1ccnc1-c1cccs1)N1CCOCC1. The van der Waals surface area contributed by atoms with Gasteiger partial charge < -0.3 is 14.2 Å². The molecule has 0 radical (unpaired) electrons. The number of thiophene rings is 1. The highest BCUT2D eigenvalue weighted by atomic mass is 32.1. The Labute approximate surface area is 115 Å². The molecule has 0 bridgehead atoms. The second-order valence-electron chi connectivity index (χ2n) is 4.35. The van der Waals surface area contributed by atoms with Gasteiger partial charge in [-0.05, 0) is 11.4 Å². The van der Waals surface area contributed by atoms with E-state index in [4.69, 9.17) is 4.74 Å². The summed E-state index contributed by atoms with van der Waals surface area (Å²) in [7, 11) is 0. The fraction of sp³-hybridized carbons (Fsp3) is 0.385. The molecule has 2 aromatic rings. The van der Waals surface area contributed by atoms with Gasteiger partial charge in [-0.3, -0.25) is 4.79 Å². The first-order chi connectivity index (χ1) is 9.34. The van der Waals surface area contributed by atoms with Crippen LogP contribution in [-0.4, -0.2) is 46.7 Å². The molecule has 1 saturated heterocycles. The summed E-state index contributed by atoms with van der Waals surface area (Å²) < 4.78 is 7.16. The van der Waals surface area contributed by atoms with Crippen LogP contribution in [0.3, 0.4) is 0 Å². The van der Waals surface area contributed by atoms with Crippen LogP contribution in [0.2, 0.25) is 0 Å². The van der Waals surface area contributed by atoms with Crippen molar-refractivity contribution in [2.24, 2.45) is 0 Å². The number of morpholine rings is 1. The minimum atomic E-state index is 0.124. The Kier molecular flexibility index (Phi) is 3.61. The van der Waals surface area contributed by atoms with E-state index in [1.54, 1.807) is 17.5 Å². The van der Waals surface area contributed by atoms with Gasteiger partial charge in [0.25, 0.3) is 0 Å². The molecule has 1 amide bonds. The lowest BCUT2D eigenvalue weighted by molar-refractivity contribution is -0.135. The highest BCUT2D eigenvalue weighted by molar-refractivity contribution is 7.13. The van der Waals surface area contributed by atoms with E-state index in [-0.39, 0.29) is 5.91 Å². The predicted molar refractivity (Wildman–Crippen MR) is 72.9 cm³/mol. The van der Waals surface area contributed by atoms with E-state index in [2.05, 4.69) is 4.98 Å². The molecule has 1 aliphatic heterocycles. The average Bonchev–Trinajstić information content (AvgIpc) is 3.10. The van der Waals surface area contributed by atoms with Gasteiger partial charge in [0.05, 0.1) is 18.1 Å². The third-order valence-corrected chi connectivity index (χ3v) is 3.99. The van der Waals surface area contributed by atoms with Gasteiger partial charge in [-0.15, -0.1) is 11.3 Å². The van der Waals surface area contributed by atoms with Crippen molar-refractivity contribution in [3.8, 4) is 10.7 Å². The summed E-state index contributed by atoms with van der Waals surface area (Å²) in [5.74, 6) is 0.982. The summed E-state index contributed by atoms with van der Waals surface area (Å²) in [5.41, 5.74) is 0. The predicted octanol–water partition coefficient (Wildman–Crippen LogP) is 1.47. The third kappa shape index (κ3) is 2.69. The van der Waals surface area contributed by atoms with Crippen LogP contribution in [0.25, 0.3) is 10.7 Å². The summed E-state index contributed by atoms with van der Waals surface area (Å²) in [4.78, 5) is 19.5. The minimum absolute atomic E-state index is 0.124. The number of imidazole rings is 1. The molecular weight excluding hydrogens is 262 g/mol. The smallest absolute Gasteiger partial charge is 0.242 e. The molecule has 0 unspecified atom stereocenters. The van der Waals surface area contributed by atoms with E-state index >= 15 is 0 Å². The first-order valence-corrected chi connectivity index (χ1v) is 7.13. The Hall–Kier alpha value is -1.66. The first kappa shape index (κ1) is 12.4. The zero-order valence-electron chi connectivity index (χ0n) is 10.5. The summed E-state index contributed by atoms with van der Waals surface area (Å²) in [6.07, 6.45) is 3.59. The van der Waals surface area contributed by atoms with Crippen LogP contribution in [-0.2, 0) is 16.1 Å². The zero-order valence-corrected chi connectivity index (χ0v) is 11.3. The molecule has 100 valence electrons. The number of aromatic nitrogens is 2. The molecule has 0 aromatic carbocycles. The Bertz CT molecular complexity index is 544. The Morgan fingerprint density at radius 2 is 2.26 bits per heavy atom. The standard InChI is InChI=1S/C13H15N3O2S/c17-12(15-5-7-18-8-6-15)10-16-4-3-14-13(16)11-2-1-9-19-11/h1-4,9H,5-8,10H2. The maximum absolute atomic E-state index is 12.2. The van der Waals surface area contributed by atoms with Crippen LogP contribution < -0.4 is 0 Å². The fourth-order valence-corrected chi connectivity index (χ4v) is 2.86. The number of amides is 1. The summed E-state index contributed by atoms with van der Waals surface area (Å²) >= 11 is 1.63. The van der Waals surface area contributed by atoms with Crippen molar-refractivity contribution in [2.45, 2.75) is 6.54 Å². The Morgan fingerprint density at radius 3 is 3.00 bits per heavy atom. The third-order valence-electron chi connectivity index (χ3n) is 3.13. The summed E-state index contributed by atoms with van der Waals surface area (Å²) in [5, 5.41) is 2.01. The lowest BCUT2D eigenvalue weighted by Crippen LogP contribution is -2.42. The molecular formula is C13H15N3O2S. The lowest BCUT2D eigenvalue weighted by atomic mass is 10.4. The maximum atomic E-state index is 12.2. The molecule has 0 spiro atoms. The molecule has 0 saturated carbocycles. The van der Waals surface area contributed by atoms with Crippen molar-refractivity contribution in [2.75, 3.05) is 26.3 Å². The van der Waals surface area contributed by atoms with Crippen LogP contribution >= 0.6 is 11.3 Å². The highest BCUT2D eigenvalue weighted by Gasteiger charge is 2.18. The van der Waals surface area contributed by atoms with Gasteiger partial charge >= 0.3 is 0 Å². The van der Waals surface area contributed by atoms with E-state index in [0.717, 1.165) is 10.7 Å². The molecule has 0 atom stereocenters. The summed E-state index contributed by atoms with van der Waals surface area (Å²) in [6.45, 7) is 2.97. The van der Waals surface area contributed by atoms with Crippen LogP contribution in [0.5, 0.6) is 0 Å². The summed E-state index contributed by atoms with van der Waals surface area (Å²) in [6, 6.07) is 4.01. The maximum Gasteiger partial charge on any atom is 0.242 e. The quantitative estimate of drug-likeness (QED) is 0.853. The topological polar surface area (TPSA) is 47.4 Å².